The first-order valence-electron chi connectivity index (χ1n) is 10.4. The van der Waals surface area contributed by atoms with E-state index in [1.807, 2.05) is 0 Å². The molecule has 0 radical (unpaired) electrons. The van der Waals surface area contributed by atoms with Gasteiger partial charge < -0.3 is 18.8 Å². The number of halogens is 3. The molecule has 35 heavy (non-hydrogen) atoms. The molecule has 0 spiro atoms. The van der Waals surface area contributed by atoms with Crippen molar-refractivity contribution < 1.29 is 36.8 Å². The molecule has 3 aromatic rings. The maximum absolute atomic E-state index is 12.8. The van der Waals surface area contributed by atoms with Crippen molar-refractivity contribution in [3.63, 3.8) is 0 Å². The quantitative estimate of drug-likeness (QED) is 0.403. The van der Waals surface area contributed by atoms with E-state index < -0.39 is 29.3 Å². The Labute approximate surface area is 203 Å². The van der Waals surface area contributed by atoms with E-state index in [1.165, 1.54) is 20.7 Å². The van der Waals surface area contributed by atoms with Crippen LogP contribution in [0.25, 0.3) is 11.5 Å². The predicted molar refractivity (Wildman–Crippen MR) is 122 cm³/mol. The van der Waals surface area contributed by atoms with Crippen LogP contribution in [0.15, 0.2) is 52.9 Å². The van der Waals surface area contributed by atoms with Crippen LogP contribution in [0, 0.1) is 6.92 Å². The molecule has 0 fully saturated rings. The van der Waals surface area contributed by atoms with Gasteiger partial charge in [0.25, 0.3) is 0 Å². The zero-order valence-electron chi connectivity index (χ0n) is 19.2. The molecule has 188 valence electrons. The molecule has 3 rings (SSSR count). The smallest absolute Gasteiger partial charge is 0.416 e. The fourth-order valence-electron chi connectivity index (χ4n) is 3.08. The van der Waals surface area contributed by atoms with Gasteiger partial charge in [0.15, 0.2) is 0 Å². The molecule has 0 aliphatic heterocycles. The van der Waals surface area contributed by atoms with Gasteiger partial charge in [-0.25, -0.2) is 4.98 Å². The molecule has 1 aromatic heterocycles. The van der Waals surface area contributed by atoms with Crippen LogP contribution in [0.4, 0.5) is 13.2 Å². The molecule has 1 heterocycles. The van der Waals surface area contributed by atoms with Gasteiger partial charge in [-0.1, -0.05) is 16.4 Å². The van der Waals surface area contributed by atoms with Crippen LogP contribution in [0.5, 0.6) is 5.75 Å². The van der Waals surface area contributed by atoms with Crippen molar-refractivity contribution in [1.82, 2.24) is 13.6 Å². The van der Waals surface area contributed by atoms with Crippen LogP contribution >= 0.6 is 0 Å². The minimum absolute atomic E-state index is 0.0745. The van der Waals surface area contributed by atoms with E-state index in [0.29, 0.717) is 22.8 Å². The fraction of sp³-hybridized carbons (Fsp3) is 0.304. The van der Waals surface area contributed by atoms with Gasteiger partial charge in [-0.3, -0.25) is 4.79 Å². The summed E-state index contributed by atoms with van der Waals surface area (Å²) in [5, 5.41) is 9.08. The zero-order valence-corrected chi connectivity index (χ0v) is 20.0. The van der Waals surface area contributed by atoms with Crippen LogP contribution in [-0.4, -0.2) is 49.9 Å². The Morgan fingerprint density at radius 2 is 1.77 bits per heavy atom. The number of carboxylic acid groups (broad SMARTS) is 1. The van der Waals surface area contributed by atoms with E-state index >= 15 is 0 Å². The second-order valence-corrected chi connectivity index (χ2v) is 9.47. The summed E-state index contributed by atoms with van der Waals surface area (Å²) >= 11 is -1.61. The Morgan fingerprint density at radius 1 is 1.14 bits per heavy atom. The van der Waals surface area contributed by atoms with Gasteiger partial charge >= 0.3 is 12.1 Å². The van der Waals surface area contributed by atoms with Crippen molar-refractivity contribution >= 4 is 17.5 Å². The third-order valence-corrected chi connectivity index (χ3v) is 6.18. The van der Waals surface area contributed by atoms with Crippen LogP contribution in [0.1, 0.15) is 22.6 Å². The lowest BCUT2D eigenvalue weighted by molar-refractivity contribution is -0.138. The summed E-state index contributed by atoms with van der Waals surface area (Å²) in [6.07, 6.45) is -4.42. The summed E-state index contributed by atoms with van der Waals surface area (Å²) in [4.78, 5) is 15.4. The van der Waals surface area contributed by atoms with Crippen molar-refractivity contribution in [3.8, 4) is 17.2 Å². The van der Waals surface area contributed by atoms with Crippen LogP contribution < -0.4 is 4.74 Å². The first-order valence-corrected chi connectivity index (χ1v) is 11.4. The highest BCUT2D eigenvalue weighted by molar-refractivity contribution is 7.86. The topological polar surface area (TPSA) is 102 Å². The lowest BCUT2D eigenvalue weighted by Crippen LogP contribution is -2.42. The zero-order chi connectivity index (χ0) is 25.8. The highest BCUT2D eigenvalue weighted by atomic mass is 32.2. The Morgan fingerprint density at radius 3 is 2.31 bits per heavy atom. The second kappa shape index (κ2) is 11.1. The molecule has 1 unspecified atom stereocenters. The summed E-state index contributed by atoms with van der Waals surface area (Å²) in [5.74, 6) is 0.106. The highest BCUT2D eigenvalue weighted by Crippen LogP contribution is 2.31. The maximum atomic E-state index is 12.8. The monoisotopic (exact) mass is 511 g/mol. The molecular formula is C23H24F3N3O5S. The van der Waals surface area contributed by atoms with E-state index in [4.69, 9.17) is 14.3 Å². The molecule has 1 atom stereocenters. The van der Waals surface area contributed by atoms with E-state index in [-0.39, 0.29) is 25.6 Å². The van der Waals surface area contributed by atoms with E-state index in [9.17, 15) is 22.5 Å². The van der Waals surface area contributed by atoms with Gasteiger partial charge in [-0.2, -0.15) is 13.2 Å². The number of carboxylic acids is 1. The number of hydrogen-bond donors (Lipinski definition) is 1. The normalized spacial score (nSPS) is 12.8. The lowest BCUT2D eigenvalue weighted by atomic mass is 10.1. The van der Waals surface area contributed by atoms with Gasteiger partial charge in [0, 0.05) is 19.7 Å². The minimum Gasteiger partial charge on any atom is -0.578 e. The molecular weight excluding hydrogens is 487 g/mol. The summed E-state index contributed by atoms with van der Waals surface area (Å²) in [5.41, 5.74) is 0.905. The van der Waals surface area contributed by atoms with E-state index in [2.05, 4.69) is 4.98 Å². The van der Waals surface area contributed by atoms with E-state index in [0.717, 1.165) is 17.7 Å². The van der Waals surface area contributed by atoms with Gasteiger partial charge in [0.2, 0.25) is 5.89 Å². The number of carbonyl (C=O) groups is 1. The summed E-state index contributed by atoms with van der Waals surface area (Å²) < 4.78 is 64.7. The number of aliphatic carboxylic acids is 1. The van der Waals surface area contributed by atoms with Crippen LogP contribution in [-0.2, 0) is 35.7 Å². The summed E-state index contributed by atoms with van der Waals surface area (Å²) in [6.45, 7) is 1.54. The Hall–Kier alpha value is -3.06. The molecule has 0 aliphatic rings. The number of oxazole rings is 1. The summed E-state index contributed by atoms with van der Waals surface area (Å²) in [6, 6.07) is 11.4. The van der Waals surface area contributed by atoms with Crippen LogP contribution in [0.2, 0.25) is 0 Å². The molecule has 8 nitrogen and oxygen atoms in total. The molecule has 0 saturated heterocycles. The fourth-order valence-corrected chi connectivity index (χ4v) is 4.02. The lowest BCUT2D eigenvalue weighted by Gasteiger charge is -2.25. The second-order valence-electron chi connectivity index (χ2n) is 7.76. The summed E-state index contributed by atoms with van der Waals surface area (Å²) in [7, 11) is 3.19. The van der Waals surface area contributed by atoms with Crippen molar-refractivity contribution in [2.75, 3.05) is 20.6 Å². The van der Waals surface area contributed by atoms with Crippen molar-refractivity contribution in [1.29, 1.82) is 0 Å². The standard InChI is InChI=1S/C23H24F3N3O5S/c1-15-20(27-22(34-15)17-6-8-18(9-7-17)23(24,25)26)14-33-19-10-4-16(5-11-19)12-29(13-21(30)31)35(32)28(2)3/h4-11H,12-14H2,1-3H3,(H,30,31). The molecule has 2 aromatic carbocycles. The number of nitrogens with zero attached hydrogens (tertiary/aromatic N) is 3. The average molecular weight is 512 g/mol. The maximum Gasteiger partial charge on any atom is 0.416 e. The average Bonchev–Trinajstić information content (AvgIpc) is 3.17. The van der Waals surface area contributed by atoms with Gasteiger partial charge in [0.05, 0.1) is 12.1 Å². The largest absolute Gasteiger partial charge is 0.578 e. The van der Waals surface area contributed by atoms with Crippen molar-refractivity contribution in [3.05, 3.63) is 71.1 Å². The molecule has 12 heteroatoms. The Balaban J connectivity index is 1.63. The molecule has 0 amide bonds. The number of hydrogen-bond acceptors (Lipinski definition) is 7. The number of alkyl halides is 3. The first kappa shape index (κ1) is 26.5. The van der Waals surface area contributed by atoms with Gasteiger partial charge in [0.1, 0.15) is 41.9 Å². The van der Waals surface area contributed by atoms with Crippen LogP contribution in [0.3, 0.4) is 0 Å². The number of rotatable bonds is 10. The van der Waals surface area contributed by atoms with Crippen molar-refractivity contribution in [2.45, 2.75) is 26.3 Å². The van der Waals surface area contributed by atoms with Gasteiger partial charge in [-0.15, -0.1) is 4.31 Å². The predicted octanol–water partition coefficient (Wildman–Crippen LogP) is 4.27. The van der Waals surface area contributed by atoms with Gasteiger partial charge in [-0.05, 0) is 48.9 Å². The first-order chi connectivity index (χ1) is 16.4. The minimum atomic E-state index is -4.42. The third kappa shape index (κ3) is 7.21. The molecule has 1 N–H and O–H groups in total. The Bertz CT molecular complexity index is 1130. The number of aromatic nitrogens is 1. The number of ether oxygens (including phenoxy) is 1. The van der Waals surface area contributed by atoms with Crippen molar-refractivity contribution in [2.24, 2.45) is 0 Å². The molecule has 0 aliphatic carbocycles. The third-order valence-electron chi connectivity index (χ3n) is 4.85. The molecule has 0 bridgehead atoms. The molecule has 0 saturated carbocycles. The number of aryl methyl sites for hydroxylation is 1. The van der Waals surface area contributed by atoms with E-state index in [1.54, 1.807) is 45.3 Å². The SMILES string of the molecule is Cc1oc(-c2ccc(C(F)(F)F)cc2)nc1COc1ccc(CN(CC(=O)O)[S+]([O-])N(C)C)cc1. The Kier molecular flexibility index (Phi) is 8.43. The highest BCUT2D eigenvalue weighted by Gasteiger charge is 2.30. The number of benzene rings is 2.